The molecular formula is C26H34FN3O2. The summed E-state index contributed by atoms with van der Waals surface area (Å²) in [6, 6.07) is 6.57. The number of aromatic nitrogens is 2. The van der Waals surface area contributed by atoms with Crippen molar-refractivity contribution in [3.8, 4) is 0 Å². The molecule has 2 heterocycles. The van der Waals surface area contributed by atoms with Crippen molar-refractivity contribution in [3.05, 3.63) is 46.9 Å². The van der Waals surface area contributed by atoms with Gasteiger partial charge < -0.3 is 10.1 Å². The Bertz CT molecular complexity index is 1080. The maximum absolute atomic E-state index is 14.6. The third-order valence-corrected chi connectivity index (χ3v) is 8.50. The quantitative estimate of drug-likeness (QED) is 0.597. The number of anilines is 1. The maximum Gasteiger partial charge on any atom is 0.344 e. The Morgan fingerprint density at radius 2 is 1.91 bits per heavy atom. The van der Waals surface area contributed by atoms with E-state index in [1.54, 1.807) is 12.1 Å². The third-order valence-electron chi connectivity index (χ3n) is 8.50. The van der Waals surface area contributed by atoms with Gasteiger partial charge in [-0.1, -0.05) is 39.0 Å². The lowest BCUT2D eigenvalue weighted by Gasteiger charge is -2.42. The molecule has 2 unspecified atom stereocenters. The van der Waals surface area contributed by atoms with Crippen LogP contribution in [0.4, 0.5) is 10.2 Å². The molecule has 2 fully saturated rings. The fraction of sp³-hybridized carbons (Fsp3) is 0.615. The summed E-state index contributed by atoms with van der Waals surface area (Å²) < 4.78 is 22.8. The molecule has 2 aliphatic carbocycles. The number of fused-ring (bicyclic) bond motifs is 3. The zero-order valence-electron chi connectivity index (χ0n) is 20.0. The first-order valence-electron chi connectivity index (χ1n) is 11.8. The predicted octanol–water partition coefficient (Wildman–Crippen LogP) is 5.99. The number of rotatable bonds is 3. The lowest BCUT2D eigenvalue weighted by Crippen LogP contribution is -2.44. The van der Waals surface area contributed by atoms with Gasteiger partial charge in [-0.3, -0.25) is 0 Å². The van der Waals surface area contributed by atoms with Crippen molar-refractivity contribution in [1.82, 2.24) is 9.78 Å². The highest BCUT2D eigenvalue weighted by atomic mass is 19.1. The van der Waals surface area contributed by atoms with E-state index in [-0.39, 0.29) is 40.3 Å². The van der Waals surface area contributed by atoms with Crippen molar-refractivity contribution in [2.45, 2.75) is 84.9 Å². The van der Waals surface area contributed by atoms with Crippen LogP contribution < -0.4 is 5.32 Å². The minimum Gasteiger partial charge on any atom is -0.457 e. The fourth-order valence-corrected chi connectivity index (χ4v) is 6.81. The van der Waals surface area contributed by atoms with Crippen LogP contribution in [0.3, 0.4) is 0 Å². The van der Waals surface area contributed by atoms with Gasteiger partial charge in [0.05, 0.1) is 17.3 Å². The van der Waals surface area contributed by atoms with Crippen LogP contribution in [0.2, 0.25) is 0 Å². The smallest absolute Gasteiger partial charge is 0.344 e. The minimum atomic E-state index is -0.380. The molecule has 3 aliphatic rings. The fourth-order valence-electron chi connectivity index (χ4n) is 6.81. The highest BCUT2D eigenvalue weighted by molar-refractivity contribution is 5.96. The number of ether oxygens (including phenoxy) is 1. The number of aryl methyl sites for hydroxylation is 1. The molecule has 1 N–H and O–H groups in total. The Balaban J connectivity index is 1.50. The van der Waals surface area contributed by atoms with Gasteiger partial charge in [0.25, 0.3) is 0 Å². The largest absolute Gasteiger partial charge is 0.457 e. The van der Waals surface area contributed by atoms with Crippen LogP contribution in [0.25, 0.3) is 0 Å². The molecule has 2 aromatic rings. The second-order valence-electron chi connectivity index (χ2n) is 11.7. The van der Waals surface area contributed by atoms with Gasteiger partial charge in [-0.2, -0.15) is 5.10 Å². The van der Waals surface area contributed by atoms with E-state index < -0.39 is 0 Å². The van der Waals surface area contributed by atoms with Gasteiger partial charge >= 0.3 is 5.97 Å². The van der Waals surface area contributed by atoms with Crippen molar-refractivity contribution in [2.75, 3.05) is 5.32 Å². The Morgan fingerprint density at radius 3 is 2.56 bits per heavy atom. The summed E-state index contributed by atoms with van der Waals surface area (Å²) >= 11 is 0. The van der Waals surface area contributed by atoms with Crippen LogP contribution in [-0.2, 0) is 10.3 Å². The summed E-state index contributed by atoms with van der Waals surface area (Å²) in [5.74, 6) is 0.650. The number of hydrogen-bond acceptors (Lipinski definition) is 4. The van der Waals surface area contributed by atoms with Gasteiger partial charge in [0.1, 0.15) is 23.3 Å². The number of nitrogens with zero attached hydrogens (tertiary/aromatic N) is 2. The number of esters is 1. The standard InChI is InChI=1S/C26H34FN3O2/c1-15-20(22(31)32-23-25(4,5)16-11-12-26(23,6)13-16)21-28-19(14-24(2,3)30(21)29-15)17-9-7-8-10-18(17)27/h7-10,16,19,23,28H,11-14H2,1-6H3/t16-,19?,23?,26+/m0/s1. The van der Waals surface area contributed by atoms with Gasteiger partial charge in [0, 0.05) is 16.4 Å². The number of benzene rings is 1. The zero-order chi connectivity index (χ0) is 23.1. The van der Waals surface area contributed by atoms with E-state index in [0.29, 0.717) is 35.0 Å². The van der Waals surface area contributed by atoms with E-state index in [1.807, 2.05) is 17.7 Å². The van der Waals surface area contributed by atoms with Gasteiger partial charge in [-0.05, 0) is 58.4 Å². The molecule has 32 heavy (non-hydrogen) atoms. The molecule has 1 aliphatic heterocycles. The lowest BCUT2D eigenvalue weighted by atomic mass is 9.70. The van der Waals surface area contributed by atoms with Crippen molar-refractivity contribution in [1.29, 1.82) is 0 Å². The molecule has 5 nitrogen and oxygen atoms in total. The highest BCUT2D eigenvalue weighted by Crippen LogP contribution is 2.63. The Morgan fingerprint density at radius 1 is 1.19 bits per heavy atom. The number of carbonyl (C=O) groups excluding carboxylic acids is 1. The van der Waals surface area contributed by atoms with Crippen LogP contribution >= 0.6 is 0 Å². The van der Waals surface area contributed by atoms with Gasteiger partial charge in [0.15, 0.2) is 0 Å². The van der Waals surface area contributed by atoms with Crippen LogP contribution in [0, 0.1) is 29.5 Å². The minimum absolute atomic E-state index is 0.0351. The molecular weight excluding hydrogens is 405 g/mol. The van der Waals surface area contributed by atoms with Crippen molar-refractivity contribution < 1.29 is 13.9 Å². The summed E-state index contributed by atoms with van der Waals surface area (Å²) in [6.07, 6.45) is 3.97. The first kappa shape index (κ1) is 21.5. The van der Waals surface area contributed by atoms with E-state index in [2.05, 4.69) is 39.9 Å². The topological polar surface area (TPSA) is 56.2 Å². The average Bonchev–Trinajstić information content (AvgIpc) is 3.31. The number of halogens is 1. The highest BCUT2D eigenvalue weighted by Gasteiger charge is 2.61. The molecule has 1 aromatic heterocycles. The Kier molecular flexibility index (Phi) is 4.57. The zero-order valence-corrected chi connectivity index (χ0v) is 20.0. The molecule has 1 aromatic carbocycles. The molecule has 172 valence electrons. The van der Waals surface area contributed by atoms with Gasteiger partial charge in [-0.15, -0.1) is 0 Å². The third kappa shape index (κ3) is 3.01. The molecule has 6 heteroatoms. The molecule has 0 radical (unpaired) electrons. The predicted molar refractivity (Wildman–Crippen MR) is 122 cm³/mol. The average molecular weight is 440 g/mol. The second kappa shape index (κ2) is 6.82. The van der Waals surface area contributed by atoms with Crippen LogP contribution in [-0.4, -0.2) is 21.9 Å². The molecule has 0 saturated heterocycles. The summed E-state index contributed by atoms with van der Waals surface area (Å²) in [5.41, 5.74) is 1.34. The van der Waals surface area contributed by atoms with Gasteiger partial charge in [-0.25, -0.2) is 13.9 Å². The molecule has 0 amide bonds. The summed E-state index contributed by atoms with van der Waals surface area (Å²) in [4.78, 5) is 13.6. The monoisotopic (exact) mass is 439 g/mol. The maximum atomic E-state index is 14.6. The molecule has 2 saturated carbocycles. The summed E-state index contributed by atoms with van der Waals surface area (Å²) in [7, 11) is 0. The molecule has 5 rings (SSSR count). The van der Waals surface area contributed by atoms with Crippen LogP contribution in [0.1, 0.15) is 88.0 Å². The van der Waals surface area contributed by atoms with Crippen molar-refractivity contribution in [3.63, 3.8) is 0 Å². The molecule has 0 spiro atoms. The summed E-state index contributed by atoms with van der Waals surface area (Å²) in [6.45, 7) is 12.7. The first-order valence-corrected chi connectivity index (χ1v) is 11.8. The van der Waals surface area contributed by atoms with E-state index in [1.165, 1.54) is 12.5 Å². The van der Waals surface area contributed by atoms with E-state index >= 15 is 0 Å². The Labute approximate surface area is 189 Å². The van der Waals surface area contributed by atoms with Crippen LogP contribution in [0.15, 0.2) is 24.3 Å². The van der Waals surface area contributed by atoms with Crippen LogP contribution in [0.5, 0.6) is 0 Å². The van der Waals surface area contributed by atoms with Gasteiger partial charge in [0.2, 0.25) is 0 Å². The Hall–Kier alpha value is -2.37. The van der Waals surface area contributed by atoms with Crippen molar-refractivity contribution >= 4 is 11.8 Å². The molecule has 4 atom stereocenters. The SMILES string of the molecule is Cc1nn2c(c1C(=O)OC1C(C)(C)[C@H]3CC[C@]1(C)C3)NC(c1ccccc1F)CC2(C)C. The number of hydrogen-bond donors (Lipinski definition) is 1. The normalized spacial score (nSPS) is 31.8. The van der Waals surface area contributed by atoms with Crippen molar-refractivity contribution in [2.24, 2.45) is 16.7 Å². The second-order valence-corrected chi connectivity index (χ2v) is 11.7. The van der Waals surface area contributed by atoms with E-state index in [0.717, 1.165) is 12.8 Å². The summed E-state index contributed by atoms with van der Waals surface area (Å²) in [5, 5.41) is 8.14. The number of nitrogens with one attached hydrogen (secondary N) is 1. The lowest BCUT2D eigenvalue weighted by molar-refractivity contribution is -0.0584. The number of carbonyl (C=O) groups is 1. The van der Waals surface area contributed by atoms with E-state index in [9.17, 15) is 9.18 Å². The molecule has 2 bridgehead atoms. The first-order chi connectivity index (χ1) is 14.9. The van der Waals surface area contributed by atoms with E-state index in [4.69, 9.17) is 9.84 Å².